The number of ether oxygens (including phenoxy) is 3. The SMILES string of the molecule is COc1ccccc1CNC(=O)COC(=O)c1cccc2c1OCCN2. The van der Waals surface area contributed by atoms with Crippen molar-refractivity contribution in [1.82, 2.24) is 5.32 Å². The second kappa shape index (κ2) is 8.24. The predicted octanol–water partition coefficient (Wildman–Crippen LogP) is 1.97. The zero-order valence-electron chi connectivity index (χ0n) is 14.4. The van der Waals surface area contributed by atoms with E-state index in [1.807, 2.05) is 30.3 Å². The van der Waals surface area contributed by atoms with Crippen LogP contribution in [0.4, 0.5) is 5.69 Å². The van der Waals surface area contributed by atoms with Crippen molar-refractivity contribution in [3.63, 3.8) is 0 Å². The summed E-state index contributed by atoms with van der Waals surface area (Å²) >= 11 is 0. The minimum atomic E-state index is -0.599. The number of hydrogen-bond donors (Lipinski definition) is 2. The third-order valence-electron chi connectivity index (χ3n) is 3.90. The van der Waals surface area contributed by atoms with E-state index in [1.165, 1.54) is 0 Å². The first-order chi connectivity index (χ1) is 12.7. The Balaban J connectivity index is 1.54. The maximum Gasteiger partial charge on any atom is 0.342 e. The summed E-state index contributed by atoms with van der Waals surface area (Å²) in [6.45, 7) is 1.06. The van der Waals surface area contributed by atoms with Crippen molar-refractivity contribution < 1.29 is 23.8 Å². The van der Waals surface area contributed by atoms with Gasteiger partial charge in [-0.25, -0.2) is 4.79 Å². The number of fused-ring (bicyclic) bond motifs is 1. The first-order valence-electron chi connectivity index (χ1n) is 8.24. The smallest absolute Gasteiger partial charge is 0.342 e. The Bertz CT molecular complexity index is 806. The molecule has 0 saturated carbocycles. The van der Waals surface area contributed by atoms with E-state index in [9.17, 15) is 9.59 Å². The summed E-state index contributed by atoms with van der Waals surface area (Å²) in [5.41, 5.74) is 1.88. The monoisotopic (exact) mass is 356 g/mol. The Labute approximate surface area is 151 Å². The van der Waals surface area contributed by atoms with Crippen LogP contribution in [0.1, 0.15) is 15.9 Å². The molecule has 0 bridgehead atoms. The highest BCUT2D eigenvalue weighted by Gasteiger charge is 2.20. The quantitative estimate of drug-likeness (QED) is 0.770. The molecule has 26 heavy (non-hydrogen) atoms. The molecule has 2 N–H and O–H groups in total. The molecule has 1 aliphatic heterocycles. The Kier molecular flexibility index (Phi) is 5.58. The molecule has 2 aromatic rings. The second-order valence-electron chi connectivity index (χ2n) is 5.62. The van der Waals surface area contributed by atoms with Crippen LogP contribution in [0, 0.1) is 0 Å². The van der Waals surface area contributed by atoms with Crippen LogP contribution in [-0.2, 0) is 16.1 Å². The van der Waals surface area contributed by atoms with Gasteiger partial charge < -0.3 is 24.8 Å². The van der Waals surface area contributed by atoms with E-state index >= 15 is 0 Å². The fourth-order valence-electron chi connectivity index (χ4n) is 2.63. The van der Waals surface area contributed by atoms with Crippen LogP contribution in [0.25, 0.3) is 0 Å². The van der Waals surface area contributed by atoms with Crippen molar-refractivity contribution in [2.45, 2.75) is 6.54 Å². The molecule has 0 atom stereocenters. The Morgan fingerprint density at radius 2 is 2.04 bits per heavy atom. The zero-order chi connectivity index (χ0) is 18.4. The van der Waals surface area contributed by atoms with Crippen LogP contribution in [0.2, 0.25) is 0 Å². The molecule has 2 aromatic carbocycles. The summed E-state index contributed by atoms with van der Waals surface area (Å²) in [6, 6.07) is 12.5. The largest absolute Gasteiger partial charge is 0.496 e. The lowest BCUT2D eigenvalue weighted by molar-refractivity contribution is -0.124. The molecule has 0 unspecified atom stereocenters. The van der Waals surface area contributed by atoms with Crippen molar-refractivity contribution in [2.75, 3.05) is 32.2 Å². The van der Waals surface area contributed by atoms with Gasteiger partial charge in [-0.2, -0.15) is 0 Å². The van der Waals surface area contributed by atoms with Crippen molar-refractivity contribution in [3.05, 3.63) is 53.6 Å². The van der Waals surface area contributed by atoms with Crippen molar-refractivity contribution in [1.29, 1.82) is 0 Å². The third kappa shape index (κ3) is 4.05. The number of anilines is 1. The van der Waals surface area contributed by atoms with E-state index in [4.69, 9.17) is 14.2 Å². The molecule has 0 aliphatic carbocycles. The fourth-order valence-corrected chi connectivity index (χ4v) is 2.63. The van der Waals surface area contributed by atoms with E-state index in [2.05, 4.69) is 10.6 Å². The minimum Gasteiger partial charge on any atom is -0.496 e. The molecule has 1 heterocycles. The topological polar surface area (TPSA) is 85.9 Å². The summed E-state index contributed by atoms with van der Waals surface area (Å²) in [6.07, 6.45) is 0. The fraction of sp³-hybridized carbons (Fsp3) is 0.263. The van der Waals surface area contributed by atoms with E-state index in [0.29, 0.717) is 30.2 Å². The van der Waals surface area contributed by atoms with Gasteiger partial charge in [0.2, 0.25) is 0 Å². The van der Waals surface area contributed by atoms with Crippen molar-refractivity contribution in [3.8, 4) is 11.5 Å². The average molecular weight is 356 g/mol. The Hall–Kier alpha value is -3.22. The number of benzene rings is 2. The van der Waals surface area contributed by atoms with E-state index in [1.54, 1.807) is 19.2 Å². The molecule has 1 amide bonds. The van der Waals surface area contributed by atoms with E-state index in [-0.39, 0.29) is 13.2 Å². The minimum absolute atomic E-state index is 0.286. The highest BCUT2D eigenvalue weighted by molar-refractivity contribution is 5.96. The molecule has 0 fully saturated rings. The van der Waals surface area contributed by atoms with Gasteiger partial charge in [-0.1, -0.05) is 24.3 Å². The number of methoxy groups -OCH3 is 1. The van der Waals surface area contributed by atoms with Crippen molar-refractivity contribution in [2.24, 2.45) is 0 Å². The molecular formula is C19H20N2O5. The number of rotatable bonds is 6. The second-order valence-corrected chi connectivity index (χ2v) is 5.62. The molecule has 7 heteroatoms. The first-order valence-corrected chi connectivity index (χ1v) is 8.24. The van der Waals surface area contributed by atoms with Crippen LogP contribution in [0.3, 0.4) is 0 Å². The Morgan fingerprint density at radius 1 is 1.19 bits per heavy atom. The van der Waals surface area contributed by atoms with Crippen LogP contribution >= 0.6 is 0 Å². The van der Waals surface area contributed by atoms with Gasteiger partial charge in [-0.3, -0.25) is 4.79 Å². The van der Waals surface area contributed by atoms with Crippen LogP contribution in [0.15, 0.2) is 42.5 Å². The molecule has 136 valence electrons. The standard InChI is InChI=1S/C19H20N2O5/c1-24-16-8-3-2-5-13(16)11-21-17(22)12-26-19(23)14-6-4-7-15-18(14)25-10-9-20-15/h2-8,20H,9-12H2,1H3,(H,21,22). The molecular weight excluding hydrogens is 336 g/mol. The van der Waals surface area contributed by atoms with Crippen LogP contribution < -0.4 is 20.1 Å². The number of carbonyl (C=O) groups is 2. The molecule has 1 aliphatic rings. The number of carbonyl (C=O) groups excluding carboxylic acids is 2. The molecule has 0 saturated heterocycles. The van der Waals surface area contributed by atoms with E-state index < -0.39 is 11.9 Å². The lowest BCUT2D eigenvalue weighted by Crippen LogP contribution is -2.29. The third-order valence-corrected chi connectivity index (χ3v) is 3.90. The van der Waals surface area contributed by atoms with Crippen LogP contribution in [0.5, 0.6) is 11.5 Å². The van der Waals surface area contributed by atoms with Gasteiger partial charge in [0.1, 0.15) is 17.9 Å². The highest BCUT2D eigenvalue weighted by atomic mass is 16.5. The van der Waals surface area contributed by atoms with E-state index in [0.717, 1.165) is 11.3 Å². The summed E-state index contributed by atoms with van der Waals surface area (Å²) < 4.78 is 15.9. The van der Waals surface area contributed by atoms with Gasteiger partial charge in [0.25, 0.3) is 5.91 Å². The summed E-state index contributed by atoms with van der Waals surface area (Å²) in [5, 5.41) is 5.85. The summed E-state index contributed by atoms with van der Waals surface area (Å²) in [5.74, 6) is 0.148. The first kappa shape index (κ1) is 17.6. The predicted molar refractivity (Wildman–Crippen MR) is 95.5 cm³/mol. The Morgan fingerprint density at radius 3 is 2.88 bits per heavy atom. The number of nitrogens with one attached hydrogen (secondary N) is 2. The number of hydrogen-bond acceptors (Lipinski definition) is 6. The molecule has 3 rings (SSSR count). The van der Waals surface area contributed by atoms with Gasteiger partial charge in [0, 0.05) is 18.7 Å². The van der Waals surface area contributed by atoms with Gasteiger partial charge in [0.05, 0.1) is 12.8 Å². The summed E-state index contributed by atoms with van der Waals surface area (Å²) in [4.78, 5) is 24.2. The summed E-state index contributed by atoms with van der Waals surface area (Å²) in [7, 11) is 1.57. The maximum atomic E-state index is 12.3. The van der Waals surface area contributed by atoms with Gasteiger partial charge in [-0.05, 0) is 18.2 Å². The zero-order valence-corrected chi connectivity index (χ0v) is 14.4. The molecule has 0 radical (unpaired) electrons. The van der Waals surface area contributed by atoms with Gasteiger partial charge in [-0.15, -0.1) is 0 Å². The lowest BCUT2D eigenvalue weighted by atomic mass is 10.1. The lowest BCUT2D eigenvalue weighted by Gasteiger charge is -2.21. The van der Waals surface area contributed by atoms with Crippen LogP contribution in [-0.4, -0.2) is 38.7 Å². The highest BCUT2D eigenvalue weighted by Crippen LogP contribution is 2.31. The van der Waals surface area contributed by atoms with Gasteiger partial charge in [0.15, 0.2) is 12.4 Å². The number of amides is 1. The number of para-hydroxylation sites is 2. The maximum absolute atomic E-state index is 12.3. The number of esters is 1. The molecule has 7 nitrogen and oxygen atoms in total. The average Bonchev–Trinajstić information content (AvgIpc) is 2.70. The van der Waals surface area contributed by atoms with Gasteiger partial charge >= 0.3 is 5.97 Å². The normalized spacial score (nSPS) is 12.2. The van der Waals surface area contributed by atoms with Crippen molar-refractivity contribution >= 4 is 17.6 Å². The molecule has 0 aromatic heterocycles. The molecule has 0 spiro atoms.